The highest BCUT2D eigenvalue weighted by molar-refractivity contribution is 6.36. The number of carbonyl (C=O) groups is 2. The first kappa shape index (κ1) is 22.8. The van der Waals surface area contributed by atoms with Crippen LogP contribution in [0, 0.1) is 11.7 Å². The highest BCUT2D eigenvalue weighted by Crippen LogP contribution is 2.48. The summed E-state index contributed by atoms with van der Waals surface area (Å²) in [5, 5.41) is 2.45. The van der Waals surface area contributed by atoms with E-state index in [1.54, 1.807) is 35.4 Å². The summed E-state index contributed by atoms with van der Waals surface area (Å²) in [6, 6.07) is 22.2. The Labute approximate surface area is 215 Å². The summed E-state index contributed by atoms with van der Waals surface area (Å²) < 4.78 is 19.7. The Morgan fingerprint density at radius 2 is 1.56 bits per heavy atom. The zero-order valence-electron chi connectivity index (χ0n) is 18.5. The van der Waals surface area contributed by atoms with Crippen molar-refractivity contribution in [1.29, 1.82) is 0 Å². The molecule has 0 saturated carbocycles. The van der Waals surface area contributed by atoms with Gasteiger partial charge in [-0.05, 0) is 66.7 Å². The third-order valence-electron chi connectivity index (χ3n) is 6.33. The minimum absolute atomic E-state index is 0.280. The molecule has 0 unspecified atom stereocenters. The number of rotatable bonds is 4. The molecule has 0 bridgehead atoms. The van der Waals surface area contributed by atoms with Gasteiger partial charge in [0.25, 0.3) is 5.91 Å². The fourth-order valence-electron chi connectivity index (χ4n) is 4.69. The van der Waals surface area contributed by atoms with Crippen molar-refractivity contribution in [3.05, 3.63) is 107 Å². The normalized spacial score (nSPS) is 21.4. The number of hydrogen-bond donors (Lipinski definition) is 0. The van der Waals surface area contributed by atoms with Crippen LogP contribution in [0.4, 0.5) is 15.8 Å². The molecule has 0 aliphatic carbocycles. The lowest BCUT2D eigenvalue weighted by Crippen LogP contribution is -2.37. The zero-order valence-corrected chi connectivity index (χ0v) is 20.0. The fourth-order valence-corrected chi connectivity index (χ4v) is 5.19. The van der Waals surface area contributed by atoms with Crippen LogP contribution in [-0.4, -0.2) is 17.9 Å². The number of hydrogen-bond acceptors (Lipinski definition) is 5. The minimum Gasteiger partial charge on any atom is -0.459 e. The third kappa shape index (κ3) is 3.67. The molecule has 3 aromatic carbocycles. The highest BCUT2D eigenvalue weighted by atomic mass is 35.5. The Kier molecular flexibility index (Phi) is 5.56. The predicted octanol–water partition coefficient (Wildman–Crippen LogP) is 6.44. The van der Waals surface area contributed by atoms with Crippen LogP contribution in [0.25, 0.3) is 11.3 Å². The van der Waals surface area contributed by atoms with Crippen molar-refractivity contribution in [3.63, 3.8) is 0 Å². The molecule has 36 heavy (non-hydrogen) atoms. The van der Waals surface area contributed by atoms with Gasteiger partial charge in [-0.15, -0.1) is 0 Å². The number of furan rings is 1. The van der Waals surface area contributed by atoms with E-state index in [0.717, 1.165) is 4.90 Å². The molecule has 2 amide bonds. The molecule has 2 aliphatic heterocycles. The van der Waals surface area contributed by atoms with E-state index in [9.17, 15) is 14.0 Å². The topological polar surface area (TPSA) is 63.0 Å². The van der Waals surface area contributed by atoms with Crippen molar-refractivity contribution in [2.24, 2.45) is 5.92 Å². The molecule has 9 heteroatoms. The van der Waals surface area contributed by atoms with Gasteiger partial charge < -0.3 is 4.42 Å². The fraction of sp³-hybridized carbons (Fsp3) is 0.111. The van der Waals surface area contributed by atoms with Gasteiger partial charge in [-0.3, -0.25) is 14.4 Å². The van der Waals surface area contributed by atoms with E-state index in [1.807, 2.05) is 30.3 Å². The number of amides is 2. The van der Waals surface area contributed by atoms with Crippen molar-refractivity contribution in [1.82, 2.24) is 0 Å². The van der Waals surface area contributed by atoms with Crippen LogP contribution < -0.4 is 9.96 Å². The second-order valence-corrected chi connectivity index (χ2v) is 9.32. The molecule has 2 saturated heterocycles. The summed E-state index contributed by atoms with van der Waals surface area (Å²) in [4.78, 5) is 34.1. The number of imide groups is 1. The van der Waals surface area contributed by atoms with Crippen LogP contribution >= 0.6 is 23.2 Å². The molecule has 3 atom stereocenters. The second kappa shape index (κ2) is 8.78. The second-order valence-electron chi connectivity index (χ2n) is 8.47. The van der Waals surface area contributed by atoms with Gasteiger partial charge in [-0.2, -0.15) is 0 Å². The average molecular weight is 523 g/mol. The largest absolute Gasteiger partial charge is 0.459 e. The summed E-state index contributed by atoms with van der Waals surface area (Å²) in [6.45, 7) is 0. The van der Waals surface area contributed by atoms with Gasteiger partial charge in [-0.1, -0.05) is 41.4 Å². The van der Waals surface area contributed by atoms with Crippen LogP contribution in [0.2, 0.25) is 10.0 Å². The molecule has 1 aromatic heterocycles. The molecule has 4 aromatic rings. The number of fused-ring (bicyclic) bond motifs is 1. The van der Waals surface area contributed by atoms with Gasteiger partial charge in [0, 0.05) is 10.6 Å². The molecule has 0 N–H and O–H groups in total. The molecular weight excluding hydrogens is 506 g/mol. The maximum atomic E-state index is 13.6. The Morgan fingerprint density at radius 3 is 2.28 bits per heavy atom. The van der Waals surface area contributed by atoms with Gasteiger partial charge in [-0.25, -0.2) is 14.4 Å². The Hall–Kier alpha value is -3.65. The molecule has 0 radical (unpaired) electrons. The number of halogens is 3. The summed E-state index contributed by atoms with van der Waals surface area (Å²) in [7, 11) is 0. The molecule has 3 heterocycles. The molecule has 6 nitrogen and oxygen atoms in total. The van der Waals surface area contributed by atoms with Crippen molar-refractivity contribution < 1.29 is 23.2 Å². The summed E-state index contributed by atoms with van der Waals surface area (Å²) >= 11 is 12.4. The standard InChI is InChI=1S/C27H17Cl2FN2O4/c28-15-6-11-19(20(29)14-15)21-12-13-22(35-21)24-23-25(36-32(24)18-4-2-1-3-5-18)27(34)31(26(23)33)17-9-7-16(30)8-10-17/h1-14,23-25H/t23-,24+,25+/m0/s1. The average Bonchev–Trinajstić information content (AvgIpc) is 3.56. The van der Waals surface area contributed by atoms with E-state index in [1.165, 1.54) is 24.3 Å². The summed E-state index contributed by atoms with van der Waals surface area (Å²) in [6.07, 6.45) is -1.07. The quantitative estimate of drug-likeness (QED) is 0.288. The van der Waals surface area contributed by atoms with Crippen molar-refractivity contribution >= 4 is 46.4 Å². The lowest BCUT2D eigenvalue weighted by Gasteiger charge is -2.27. The Bertz CT molecular complexity index is 1470. The first-order valence-electron chi connectivity index (χ1n) is 11.1. The summed E-state index contributed by atoms with van der Waals surface area (Å²) in [5.41, 5.74) is 1.58. The predicted molar refractivity (Wildman–Crippen MR) is 133 cm³/mol. The van der Waals surface area contributed by atoms with E-state index in [0.29, 0.717) is 32.8 Å². The number of benzene rings is 3. The van der Waals surface area contributed by atoms with Crippen LogP contribution in [0.5, 0.6) is 0 Å². The molecule has 2 aliphatic rings. The van der Waals surface area contributed by atoms with Crippen molar-refractivity contribution in [2.75, 3.05) is 9.96 Å². The van der Waals surface area contributed by atoms with Crippen molar-refractivity contribution in [3.8, 4) is 11.3 Å². The monoisotopic (exact) mass is 522 g/mol. The van der Waals surface area contributed by atoms with E-state index >= 15 is 0 Å². The number of nitrogens with zero attached hydrogens (tertiary/aromatic N) is 2. The van der Waals surface area contributed by atoms with Crippen LogP contribution in [0.1, 0.15) is 11.8 Å². The minimum atomic E-state index is -1.07. The first-order valence-corrected chi connectivity index (χ1v) is 11.9. The van der Waals surface area contributed by atoms with E-state index in [2.05, 4.69) is 0 Å². The molecule has 6 rings (SSSR count). The van der Waals surface area contributed by atoms with E-state index in [-0.39, 0.29) is 5.69 Å². The third-order valence-corrected chi connectivity index (χ3v) is 6.87. The van der Waals surface area contributed by atoms with E-state index in [4.69, 9.17) is 32.5 Å². The lowest BCUT2D eigenvalue weighted by atomic mass is 9.94. The smallest absolute Gasteiger partial charge is 0.266 e. The van der Waals surface area contributed by atoms with Crippen LogP contribution in [0.3, 0.4) is 0 Å². The Morgan fingerprint density at radius 1 is 0.806 bits per heavy atom. The Balaban J connectivity index is 1.42. The molecule has 180 valence electrons. The SMILES string of the molecule is O=C1[C@H]2[C@@H](c3ccc(-c4ccc(Cl)cc4Cl)o3)N(c3ccccc3)O[C@H]2C(=O)N1c1ccc(F)cc1. The van der Waals surface area contributed by atoms with Crippen LogP contribution in [-0.2, 0) is 14.4 Å². The van der Waals surface area contributed by atoms with Gasteiger partial charge in [0.15, 0.2) is 6.10 Å². The number of hydroxylamine groups is 1. The highest BCUT2D eigenvalue weighted by Gasteiger charge is 2.61. The number of carbonyl (C=O) groups excluding carboxylic acids is 2. The van der Waals surface area contributed by atoms with E-state index < -0.39 is 35.7 Å². The van der Waals surface area contributed by atoms with Gasteiger partial charge in [0.2, 0.25) is 5.91 Å². The van der Waals surface area contributed by atoms with Crippen LogP contribution in [0.15, 0.2) is 89.3 Å². The van der Waals surface area contributed by atoms with Gasteiger partial charge >= 0.3 is 0 Å². The zero-order chi connectivity index (χ0) is 25.0. The maximum absolute atomic E-state index is 13.6. The van der Waals surface area contributed by atoms with Gasteiger partial charge in [0.05, 0.1) is 16.4 Å². The molecule has 0 spiro atoms. The number of anilines is 2. The maximum Gasteiger partial charge on any atom is 0.266 e. The summed E-state index contributed by atoms with van der Waals surface area (Å²) in [5.74, 6) is -1.42. The molecular formula is C27H17Cl2FN2O4. The lowest BCUT2D eigenvalue weighted by molar-refractivity contribution is -0.126. The first-order chi connectivity index (χ1) is 17.4. The van der Waals surface area contributed by atoms with Crippen molar-refractivity contribution in [2.45, 2.75) is 12.1 Å². The molecule has 2 fully saturated rings. The number of para-hydroxylation sites is 1. The van der Waals surface area contributed by atoms with Gasteiger partial charge in [0.1, 0.15) is 29.3 Å².